The van der Waals surface area contributed by atoms with Crippen LogP contribution < -0.4 is 5.32 Å². The number of pyridine rings is 1. The van der Waals surface area contributed by atoms with Crippen molar-refractivity contribution in [2.24, 2.45) is 0 Å². The summed E-state index contributed by atoms with van der Waals surface area (Å²) >= 11 is 1.61. The van der Waals surface area contributed by atoms with Gasteiger partial charge in [-0.05, 0) is 29.7 Å². The van der Waals surface area contributed by atoms with Gasteiger partial charge in [0.1, 0.15) is 0 Å². The summed E-state index contributed by atoms with van der Waals surface area (Å²) in [6.07, 6.45) is 4.72. The van der Waals surface area contributed by atoms with E-state index < -0.39 is 0 Å². The van der Waals surface area contributed by atoms with Crippen LogP contribution in [0.1, 0.15) is 17.5 Å². The second kappa shape index (κ2) is 6.45. The molecule has 0 atom stereocenters. The lowest BCUT2D eigenvalue weighted by atomic mass is 10.1. The molecular formula is C16H15N3OS. The van der Waals surface area contributed by atoms with E-state index in [2.05, 4.69) is 15.3 Å². The van der Waals surface area contributed by atoms with Crippen molar-refractivity contribution in [3.05, 3.63) is 59.4 Å². The number of carbonyl (C=O) groups excluding carboxylic acids is 1. The SMILES string of the molecule is O=C(CCc1cccnc1)NCc1cccc2ncsc12. The van der Waals surface area contributed by atoms with E-state index in [0.717, 1.165) is 21.3 Å². The highest BCUT2D eigenvalue weighted by atomic mass is 32.1. The van der Waals surface area contributed by atoms with Crippen LogP contribution in [0, 0.1) is 0 Å². The van der Waals surface area contributed by atoms with Gasteiger partial charge in [0.2, 0.25) is 5.91 Å². The fourth-order valence-electron chi connectivity index (χ4n) is 2.17. The summed E-state index contributed by atoms with van der Waals surface area (Å²) in [5.41, 5.74) is 5.02. The molecule has 4 nitrogen and oxygen atoms in total. The molecule has 3 aromatic rings. The van der Waals surface area contributed by atoms with Gasteiger partial charge < -0.3 is 5.32 Å². The molecular weight excluding hydrogens is 282 g/mol. The highest BCUT2D eigenvalue weighted by Crippen LogP contribution is 2.21. The summed E-state index contributed by atoms with van der Waals surface area (Å²) in [6.45, 7) is 0.547. The predicted molar refractivity (Wildman–Crippen MR) is 84.0 cm³/mol. The predicted octanol–water partition coefficient (Wildman–Crippen LogP) is 2.94. The summed E-state index contributed by atoms with van der Waals surface area (Å²) in [4.78, 5) is 20.2. The Morgan fingerprint density at radius 3 is 3.05 bits per heavy atom. The number of carbonyl (C=O) groups is 1. The van der Waals surface area contributed by atoms with Gasteiger partial charge in [0.15, 0.2) is 0 Å². The molecule has 0 unspecified atom stereocenters. The van der Waals surface area contributed by atoms with Crippen LogP contribution in [0.4, 0.5) is 0 Å². The van der Waals surface area contributed by atoms with E-state index in [0.29, 0.717) is 19.4 Å². The first-order chi connectivity index (χ1) is 10.3. The number of hydrogen-bond acceptors (Lipinski definition) is 4. The normalized spacial score (nSPS) is 10.7. The van der Waals surface area contributed by atoms with Crippen molar-refractivity contribution in [2.75, 3.05) is 0 Å². The standard InChI is InChI=1S/C16H15N3OS/c20-15(7-6-12-3-2-8-17-9-12)18-10-13-4-1-5-14-16(13)21-11-19-14/h1-5,8-9,11H,6-7,10H2,(H,18,20). The van der Waals surface area contributed by atoms with E-state index in [-0.39, 0.29) is 5.91 Å². The Hall–Kier alpha value is -2.27. The number of thiazole rings is 1. The van der Waals surface area contributed by atoms with Crippen molar-refractivity contribution in [1.29, 1.82) is 0 Å². The zero-order valence-electron chi connectivity index (χ0n) is 11.5. The first-order valence-corrected chi connectivity index (χ1v) is 7.67. The van der Waals surface area contributed by atoms with Crippen LogP contribution in [0.15, 0.2) is 48.2 Å². The molecule has 2 aromatic heterocycles. The molecule has 0 aliphatic heterocycles. The minimum Gasteiger partial charge on any atom is -0.352 e. The van der Waals surface area contributed by atoms with Crippen LogP contribution in [0.2, 0.25) is 0 Å². The lowest BCUT2D eigenvalue weighted by Gasteiger charge is -2.06. The van der Waals surface area contributed by atoms with Crippen molar-refractivity contribution in [1.82, 2.24) is 15.3 Å². The Labute approximate surface area is 126 Å². The minimum absolute atomic E-state index is 0.0559. The number of rotatable bonds is 5. The number of nitrogens with one attached hydrogen (secondary N) is 1. The number of aromatic nitrogens is 2. The molecule has 0 bridgehead atoms. The largest absolute Gasteiger partial charge is 0.352 e. The van der Waals surface area contributed by atoms with Gasteiger partial charge in [0.05, 0.1) is 15.7 Å². The molecule has 1 aromatic carbocycles. The maximum Gasteiger partial charge on any atom is 0.220 e. The first kappa shape index (κ1) is 13.7. The summed E-state index contributed by atoms with van der Waals surface area (Å²) < 4.78 is 1.14. The number of hydrogen-bond donors (Lipinski definition) is 1. The molecule has 3 rings (SSSR count). The van der Waals surface area contributed by atoms with Crippen LogP contribution in [-0.2, 0) is 17.8 Å². The Morgan fingerprint density at radius 1 is 1.24 bits per heavy atom. The molecule has 2 heterocycles. The third-order valence-corrected chi connectivity index (χ3v) is 4.20. The van der Waals surface area contributed by atoms with Crippen molar-refractivity contribution in [2.45, 2.75) is 19.4 Å². The van der Waals surface area contributed by atoms with E-state index in [9.17, 15) is 4.79 Å². The van der Waals surface area contributed by atoms with Gasteiger partial charge in [-0.3, -0.25) is 9.78 Å². The van der Waals surface area contributed by atoms with Crippen molar-refractivity contribution in [3.8, 4) is 0 Å². The van der Waals surface area contributed by atoms with Crippen LogP contribution in [0.3, 0.4) is 0 Å². The van der Waals surface area contributed by atoms with Crippen LogP contribution in [0.5, 0.6) is 0 Å². The molecule has 1 amide bonds. The highest BCUT2D eigenvalue weighted by molar-refractivity contribution is 7.16. The first-order valence-electron chi connectivity index (χ1n) is 6.79. The van der Waals surface area contributed by atoms with E-state index in [4.69, 9.17) is 0 Å². The van der Waals surface area contributed by atoms with Crippen molar-refractivity contribution < 1.29 is 4.79 Å². The van der Waals surface area contributed by atoms with E-state index >= 15 is 0 Å². The molecule has 5 heteroatoms. The van der Waals surface area contributed by atoms with E-state index in [1.54, 1.807) is 23.7 Å². The number of benzene rings is 1. The number of fused-ring (bicyclic) bond motifs is 1. The van der Waals surface area contributed by atoms with Gasteiger partial charge in [-0.25, -0.2) is 4.98 Å². The average Bonchev–Trinajstić information content (AvgIpc) is 3.01. The second-order valence-electron chi connectivity index (χ2n) is 4.76. The third-order valence-electron chi connectivity index (χ3n) is 3.28. The van der Waals surface area contributed by atoms with Crippen LogP contribution >= 0.6 is 11.3 Å². The molecule has 1 N–H and O–H groups in total. The molecule has 0 spiro atoms. The van der Waals surface area contributed by atoms with Crippen molar-refractivity contribution >= 4 is 27.5 Å². The Balaban J connectivity index is 1.55. The van der Waals surface area contributed by atoms with Gasteiger partial charge in [0, 0.05) is 25.4 Å². The summed E-state index contributed by atoms with van der Waals surface area (Å²) in [7, 11) is 0. The van der Waals surface area contributed by atoms with Gasteiger partial charge in [0.25, 0.3) is 0 Å². The Bertz CT molecular complexity index is 739. The molecule has 0 radical (unpaired) electrons. The molecule has 106 valence electrons. The molecule has 21 heavy (non-hydrogen) atoms. The summed E-state index contributed by atoms with van der Waals surface area (Å²) in [5.74, 6) is 0.0559. The second-order valence-corrected chi connectivity index (χ2v) is 5.61. The number of nitrogens with zero attached hydrogens (tertiary/aromatic N) is 2. The number of amides is 1. The highest BCUT2D eigenvalue weighted by Gasteiger charge is 2.06. The summed E-state index contributed by atoms with van der Waals surface area (Å²) in [6, 6.07) is 9.86. The maximum absolute atomic E-state index is 11.9. The third kappa shape index (κ3) is 3.44. The number of aryl methyl sites for hydroxylation is 1. The topological polar surface area (TPSA) is 54.9 Å². The fraction of sp³-hybridized carbons (Fsp3) is 0.188. The lowest BCUT2D eigenvalue weighted by Crippen LogP contribution is -2.23. The van der Waals surface area contributed by atoms with Crippen molar-refractivity contribution in [3.63, 3.8) is 0 Å². The molecule has 0 fully saturated rings. The zero-order valence-corrected chi connectivity index (χ0v) is 12.3. The maximum atomic E-state index is 11.9. The Morgan fingerprint density at radius 2 is 2.19 bits per heavy atom. The van der Waals surface area contributed by atoms with Crippen LogP contribution in [-0.4, -0.2) is 15.9 Å². The smallest absolute Gasteiger partial charge is 0.220 e. The quantitative estimate of drug-likeness (QED) is 0.787. The fourth-order valence-corrected chi connectivity index (χ4v) is 2.97. The monoisotopic (exact) mass is 297 g/mol. The van der Waals surface area contributed by atoms with Gasteiger partial charge in [-0.2, -0.15) is 0 Å². The molecule has 0 aliphatic carbocycles. The van der Waals surface area contributed by atoms with E-state index in [1.807, 2.05) is 35.8 Å². The van der Waals surface area contributed by atoms with Gasteiger partial charge in [-0.15, -0.1) is 11.3 Å². The zero-order chi connectivity index (χ0) is 14.5. The van der Waals surface area contributed by atoms with Gasteiger partial charge >= 0.3 is 0 Å². The average molecular weight is 297 g/mol. The van der Waals surface area contributed by atoms with Crippen LogP contribution in [0.25, 0.3) is 10.2 Å². The Kier molecular flexibility index (Phi) is 4.21. The van der Waals surface area contributed by atoms with E-state index in [1.165, 1.54) is 0 Å². The molecule has 0 saturated carbocycles. The van der Waals surface area contributed by atoms with Gasteiger partial charge in [-0.1, -0.05) is 18.2 Å². The minimum atomic E-state index is 0.0559. The molecule has 0 aliphatic rings. The lowest BCUT2D eigenvalue weighted by molar-refractivity contribution is -0.121. The molecule has 0 saturated heterocycles. The summed E-state index contributed by atoms with van der Waals surface area (Å²) in [5, 5.41) is 2.97.